The van der Waals surface area contributed by atoms with Crippen molar-refractivity contribution in [3.63, 3.8) is 0 Å². The first kappa shape index (κ1) is 14.6. The number of rotatable bonds is 7. The number of carboxylic acid groups (broad SMARTS) is 1. The predicted octanol–water partition coefficient (Wildman–Crippen LogP) is 0.474. The molecule has 0 bridgehead atoms. The lowest BCUT2D eigenvalue weighted by atomic mass is 10.2. The maximum absolute atomic E-state index is 11.0. The number of nitrogen functional groups attached to an aromatic ring is 1. The summed E-state index contributed by atoms with van der Waals surface area (Å²) in [4.78, 5) is 24.6. The van der Waals surface area contributed by atoms with Gasteiger partial charge in [0.05, 0.1) is 4.92 Å². The van der Waals surface area contributed by atoms with Crippen LogP contribution in [0.15, 0.2) is 12.1 Å². The van der Waals surface area contributed by atoms with E-state index in [0.717, 1.165) is 0 Å². The molecule has 1 aromatic rings. The summed E-state index contributed by atoms with van der Waals surface area (Å²) >= 11 is 0. The summed E-state index contributed by atoms with van der Waals surface area (Å²) in [6.45, 7) is 0.256. The minimum atomic E-state index is -1.07. The molecule has 0 amide bonds. The van der Waals surface area contributed by atoms with Gasteiger partial charge in [-0.2, -0.15) is 0 Å². The Morgan fingerprint density at radius 3 is 2.84 bits per heavy atom. The lowest BCUT2D eigenvalue weighted by Crippen LogP contribution is -2.31. The van der Waals surface area contributed by atoms with Gasteiger partial charge in [0.15, 0.2) is 0 Å². The minimum absolute atomic E-state index is 0.159. The topological polar surface area (TPSA) is 141 Å². The lowest BCUT2D eigenvalue weighted by Gasteiger charge is -2.14. The third kappa shape index (κ3) is 4.07. The molecule has 0 saturated carbocycles. The van der Waals surface area contributed by atoms with Crippen LogP contribution in [-0.2, 0) is 9.53 Å². The second kappa shape index (κ2) is 6.50. The highest BCUT2D eigenvalue weighted by atomic mass is 16.6. The van der Waals surface area contributed by atoms with Gasteiger partial charge in [0.2, 0.25) is 5.82 Å². The molecular weight excluding hydrogens is 256 g/mol. The average molecular weight is 270 g/mol. The molecule has 1 atom stereocenters. The number of ether oxygens (including phenoxy) is 1. The monoisotopic (exact) mass is 270 g/mol. The molecule has 19 heavy (non-hydrogen) atoms. The molecule has 0 aromatic carbocycles. The fourth-order valence-electron chi connectivity index (χ4n) is 1.37. The smallest absolute Gasteiger partial charge is 0.326 e. The Morgan fingerprint density at radius 2 is 2.37 bits per heavy atom. The van der Waals surface area contributed by atoms with Crippen LogP contribution >= 0.6 is 0 Å². The van der Waals surface area contributed by atoms with Gasteiger partial charge in [-0.1, -0.05) is 0 Å². The number of anilines is 2. The molecule has 1 heterocycles. The third-order valence-electron chi connectivity index (χ3n) is 2.33. The van der Waals surface area contributed by atoms with Crippen molar-refractivity contribution in [2.24, 2.45) is 0 Å². The molecular formula is C10H14N4O5. The van der Waals surface area contributed by atoms with Gasteiger partial charge < -0.3 is 20.9 Å². The van der Waals surface area contributed by atoms with E-state index < -0.39 is 16.9 Å². The number of hydrogen-bond donors (Lipinski definition) is 3. The molecule has 0 radical (unpaired) electrons. The Hall–Kier alpha value is -2.42. The summed E-state index contributed by atoms with van der Waals surface area (Å²) in [5.41, 5.74) is 5.08. The van der Waals surface area contributed by atoms with Crippen molar-refractivity contribution in [2.75, 3.05) is 24.8 Å². The second-order valence-electron chi connectivity index (χ2n) is 3.67. The fourth-order valence-corrected chi connectivity index (χ4v) is 1.37. The Labute approximate surface area is 108 Å². The first-order valence-corrected chi connectivity index (χ1v) is 5.35. The molecule has 0 fully saturated rings. The van der Waals surface area contributed by atoms with Crippen LogP contribution in [0.2, 0.25) is 0 Å². The molecule has 1 unspecified atom stereocenters. The number of methoxy groups -OCH3 is 1. The number of nitrogens with zero attached hydrogens (tertiary/aromatic N) is 2. The number of aliphatic carboxylic acids is 1. The maximum atomic E-state index is 11.0. The van der Waals surface area contributed by atoms with Gasteiger partial charge in [-0.15, -0.1) is 0 Å². The van der Waals surface area contributed by atoms with Crippen molar-refractivity contribution in [2.45, 2.75) is 12.5 Å². The zero-order chi connectivity index (χ0) is 14.4. The maximum Gasteiger partial charge on any atom is 0.326 e. The highest BCUT2D eigenvalue weighted by Gasteiger charge is 2.19. The summed E-state index contributed by atoms with van der Waals surface area (Å²) in [5, 5.41) is 22.2. The van der Waals surface area contributed by atoms with E-state index in [1.165, 1.54) is 19.2 Å². The molecule has 0 saturated heterocycles. The van der Waals surface area contributed by atoms with Crippen molar-refractivity contribution in [3.8, 4) is 0 Å². The van der Waals surface area contributed by atoms with Crippen LogP contribution in [0.5, 0.6) is 0 Å². The Morgan fingerprint density at radius 1 is 1.68 bits per heavy atom. The van der Waals surface area contributed by atoms with E-state index in [0.29, 0.717) is 0 Å². The van der Waals surface area contributed by atoms with E-state index in [-0.39, 0.29) is 30.4 Å². The molecule has 1 rings (SSSR count). The van der Waals surface area contributed by atoms with E-state index in [4.69, 9.17) is 15.6 Å². The zero-order valence-corrected chi connectivity index (χ0v) is 10.2. The van der Waals surface area contributed by atoms with E-state index in [9.17, 15) is 14.9 Å². The summed E-state index contributed by atoms with van der Waals surface area (Å²) in [5.74, 6) is -1.19. The summed E-state index contributed by atoms with van der Waals surface area (Å²) in [6, 6.07) is 1.56. The molecule has 4 N–H and O–H groups in total. The van der Waals surface area contributed by atoms with Crippen LogP contribution < -0.4 is 11.1 Å². The van der Waals surface area contributed by atoms with Gasteiger partial charge in [0.25, 0.3) is 0 Å². The standard InChI is InChI=1S/C10H14N4O5/c1-19-5-4-6(10(15)16)12-8-3-2-7(14(17)18)9(11)13-8/h2-3,6H,4-5H2,1H3,(H,15,16)(H3,11,12,13). The van der Waals surface area contributed by atoms with Crippen LogP contribution in [0.3, 0.4) is 0 Å². The van der Waals surface area contributed by atoms with Gasteiger partial charge in [-0.25, -0.2) is 9.78 Å². The van der Waals surface area contributed by atoms with E-state index in [1.807, 2.05) is 0 Å². The van der Waals surface area contributed by atoms with Crippen molar-refractivity contribution in [3.05, 3.63) is 22.2 Å². The summed E-state index contributed by atoms with van der Waals surface area (Å²) in [7, 11) is 1.46. The second-order valence-corrected chi connectivity index (χ2v) is 3.67. The van der Waals surface area contributed by atoms with Gasteiger partial charge in [-0.3, -0.25) is 10.1 Å². The molecule has 9 nitrogen and oxygen atoms in total. The number of aromatic nitrogens is 1. The first-order valence-electron chi connectivity index (χ1n) is 5.35. The van der Waals surface area contributed by atoms with Crippen LogP contribution in [-0.4, -0.2) is 40.7 Å². The van der Waals surface area contributed by atoms with Gasteiger partial charge >= 0.3 is 11.7 Å². The molecule has 0 aliphatic carbocycles. The number of carboxylic acids is 1. The third-order valence-corrected chi connectivity index (χ3v) is 2.33. The number of nitro groups is 1. The van der Waals surface area contributed by atoms with E-state index in [1.54, 1.807) is 0 Å². The molecule has 0 aliphatic heterocycles. The van der Waals surface area contributed by atoms with E-state index >= 15 is 0 Å². The van der Waals surface area contributed by atoms with Crippen molar-refractivity contribution in [1.82, 2.24) is 4.98 Å². The van der Waals surface area contributed by atoms with Crippen molar-refractivity contribution in [1.29, 1.82) is 0 Å². The van der Waals surface area contributed by atoms with Crippen LogP contribution in [0.1, 0.15) is 6.42 Å². The number of carbonyl (C=O) groups is 1. The van der Waals surface area contributed by atoms with E-state index in [2.05, 4.69) is 10.3 Å². The predicted molar refractivity (Wildman–Crippen MR) is 66.8 cm³/mol. The number of nitrogens with two attached hydrogens (primary N) is 1. The number of pyridine rings is 1. The zero-order valence-electron chi connectivity index (χ0n) is 10.2. The molecule has 0 spiro atoms. The normalized spacial score (nSPS) is 11.8. The van der Waals surface area contributed by atoms with Gasteiger partial charge in [0, 0.05) is 26.2 Å². The Kier molecular flexibility index (Phi) is 5.01. The Balaban J connectivity index is 2.82. The quantitative estimate of drug-likeness (QED) is 0.479. The highest BCUT2D eigenvalue weighted by molar-refractivity contribution is 5.77. The van der Waals surface area contributed by atoms with Crippen LogP contribution in [0, 0.1) is 10.1 Å². The molecule has 1 aromatic heterocycles. The summed E-state index contributed by atoms with van der Waals surface area (Å²) < 4.78 is 4.80. The number of hydrogen-bond acceptors (Lipinski definition) is 7. The van der Waals surface area contributed by atoms with Crippen molar-refractivity contribution >= 4 is 23.3 Å². The lowest BCUT2D eigenvalue weighted by molar-refractivity contribution is -0.384. The van der Waals surface area contributed by atoms with Gasteiger partial charge in [-0.05, 0) is 6.07 Å². The average Bonchev–Trinajstić information content (AvgIpc) is 2.33. The summed E-state index contributed by atoms with van der Waals surface area (Å²) in [6.07, 6.45) is 0.227. The SMILES string of the molecule is COCCC(Nc1ccc([N+](=O)[O-])c(N)n1)C(=O)O. The molecule has 104 valence electrons. The highest BCUT2D eigenvalue weighted by Crippen LogP contribution is 2.21. The minimum Gasteiger partial charge on any atom is -0.480 e. The molecule has 9 heteroatoms. The molecule has 0 aliphatic rings. The van der Waals surface area contributed by atoms with Crippen LogP contribution in [0.4, 0.5) is 17.3 Å². The first-order chi connectivity index (χ1) is 8.95. The fraction of sp³-hybridized carbons (Fsp3) is 0.400. The largest absolute Gasteiger partial charge is 0.480 e. The van der Waals surface area contributed by atoms with Crippen molar-refractivity contribution < 1.29 is 19.6 Å². The Bertz CT molecular complexity index is 479. The van der Waals surface area contributed by atoms with Gasteiger partial charge in [0.1, 0.15) is 11.9 Å². The van der Waals surface area contributed by atoms with Crippen LogP contribution in [0.25, 0.3) is 0 Å². The number of nitrogens with one attached hydrogen (secondary N) is 1.